The fraction of sp³-hybridized carbons (Fsp3) is 0.208. The predicted molar refractivity (Wildman–Crippen MR) is 119 cm³/mol. The minimum Gasteiger partial charge on any atom is -0.469 e. The van der Waals surface area contributed by atoms with Crippen LogP contribution in [0.4, 0.5) is 20.3 Å². The molecule has 0 saturated carbocycles. The number of halogens is 2. The van der Waals surface area contributed by atoms with Gasteiger partial charge in [0.2, 0.25) is 0 Å². The van der Waals surface area contributed by atoms with Crippen molar-refractivity contribution in [1.82, 2.24) is 9.97 Å². The van der Waals surface area contributed by atoms with Gasteiger partial charge in [0, 0.05) is 5.69 Å². The monoisotopic (exact) mass is 469 g/mol. The Labute approximate surface area is 193 Å². The molecule has 2 aromatic carbocycles. The Morgan fingerprint density at radius 3 is 2.29 bits per heavy atom. The van der Waals surface area contributed by atoms with Crippen LogP contribution < -0.4 is 5.32 Å². The first-order chi connectivity index (χ1) is 16.3. The summed E-state index contributed by atoms with van der Waals surface area (Å²) in [6.45, 7) is 3.28. The lowest BCUT2D eigenvalue weighted by molar-refractivity contribution is -0.142. The summed E-state index contributed by atoms with van der Waals surface area (Å²) in [7, 11) is 1.29. The van der Waals surface area contributed by atoms with Gasteiger partial charge in [0.05, 0.1) is 25.2 Å². The molecule has 1 N–H and O–H groups in total. The van der Waals surface area contributed by atoms with Gasteiger partial charge in [0.25, 0.3) is 0 Å². The molecular weight excluding hydrogens is 448 g/mol. The average Bonchev–Trinajstić information content (AvgIpc) is 2.83. The minimum absolute atomic E-state index is 0.0143. The van der Waals surface area contributed by atoms with Crippen molar-refractivity contribution in [3.8, 4) is 11.4 Å². The molecule has 3 rings (SSSR count). The summed E-state index contributed by atoms with van der Waals surface area (Å²) in [5.74, 6) is -4.28. The Morgan fingerprint density at radius 1 is 1.09 bits per heavy atom. The first-order valence-electron chi connectivity index (χ1n) is 10.2. The number of aromatic nitrogens is 2. The number of benzene rings is 2. The van der Waals surface area contributed by atoms with Crippen molar-refractivity contribution in [2.75, 3.05) is 19.0 Å². The third kappa shape index (κ3) is 5.06. The second kappa shape index (κ2) is 10.6. The van der Waals surface area contributed by atoms with E-state index in [1.807, 2.05) is 0 Å². The molecule has 0 spiro atoms. The molecular formula is C24H21F2N3O5. The van der Waals surface area contributed by atoms with Crippen molar-refractivity contribution in [2.45, 2.75) is 19.8 Å². The molecule has 0 aliphatic heterocycles. The zero-order valence-corrected chi connectivity index (χ0v) is 18.6. The van der Waals surface area contributed by atoms with Crippen molar-refractivity contribution < 1.29 is 32.6 Å². The third-order valence-corrected chi connectivity index (χ3v) is 4.94. The van der Waals surface area contributed by atoms with Gasteiger partial charge in [-0.1, -0.05) is 18.2 Å². The Balaban J connectivity index is 2.11. The lowest BCUT2D eigenvalue weighted by Gasteiger charge is -2.15. The quantitative estimate of drug-likeness (QED) is 0.381. The van der Waals surface area contributed by atoms with E-state index >= 15 is 0 Å². The van der Waals surface area contributed by atoms with E-state index in [-0.39, 0.29) is 24.3 Å². The molecule has 8 nitrogen and oxygen atoms in total. The highest BCUT2D eigenvalue weighted by molar-refractivity contribution is 6.02. The normalized spacial score (nSPS) is 11.4. The van der Waals surface area contributed by atoms with Crippen molar-refractivity contribution in [1.29, 1.82) is 0 Å². The van der Waals surface area contributed by atoms with Crippen LogP contribution in [-0.2, 0) is 14.3 Å². The van der Waals surface area contributed by atoms with E-state index in [1.54, 1.807) is 38.1 Å². The summed E-state index contributed by atoms with van der Waals surface area (Å²) in [5, 5.41) is 2.87. The highest BCUT2D eigenvalue weighted by Gasteiger charge is 2.25. The molecule has 1 heterocycles. The number of aldehydes is 1. The molecule has 3 aromatic rings. The zero-order chi connectivity index (χ0) is 24.8. The second-order valence-electron chi connectivity index (χ2n) is 7.08. The molecule has 0 saturated heterocycles. The second-order valence-corrected chi connectivity index (χ2v) is 7.08. The lowest BCUT2D eigenvalue weighted by Crippen LogP contribution is -2.15. The van der Waals surface area contributed by atoms with Crippen LogP contribution in [0.15, 0.2) is 42.5 Å². The van der Waals surface area contributed by atoms with Crippen LogP contribution in [0.5, 0.6) is 0 Å². The number of nitrogens with one attached hydrogen (secondary N) is 1. The number of carbonyl (C=O) groups is 3. The highest BCUT2D eigenvalue weighted by Crippen LogP contribution is 2.29. The number of methoxy groups -OCH3 is 1. The number of esters is 2. The van der Waals surface area contributed by atoms with Gasteiger partial charge in [0.1, 0.15) is 28.7 Å². The standard InChI is InChI=1S/C24H21F2N3O5/c1-4-34-24(32)20-18(12-30)28-21(19-16(25)6-5-7-17(19)26)29-22(20)27-15-10-8-14(9-11-15)13(2)23(31)33-3/h5-13H,4H2,1-3H3,(H,27,28,29). The fourth-order valence-electron chi connectivity index (χ4n) is 3.19. The van der Waals surface area contributed by atoms with Crippen LogP contribution in [-0.4, -0.2) is 41.9 Å². The maximum atomic E-state index is 14.4. The fourth-order valence-corrected chi connectivity index (χ4v) is 3.19. The van der Waals surface area contributed by atoms with Gasteiger partial charge >= 0.3 is 11.9 Å². The smallest absolute Gasteiger partial charge is 0.344 e. The molecule has 34 heavy (non-hydrogen) atoms. The molecule has 0 fully saturated rings. The Morgan fingerprint density at radius 2 is 1.74 bits per heavy atom. The molecule has 176 valence electrons. The molecule has 1 atom stereocenters. The van der Waals surface area contributed by atoms with Gasteiger partial charge in [-0.05, 0) is 43.7 Å². The summed E-state index contributed by atoms with van der Waals surface area (Å²) < 4.78 is 38.5. The number of ether oxygens (including phenoxy) is 2. The van der Waals surface area contributed by atoms with E-state index < -0.39 is 46.6 Å². The highest BCUT2D eigenvalue weighted by atomic mass is 19.1. The van der Waals surface area contributed by atoms with E-state index in [1.165, 1.54) is 13.2 Å². The molecule has 1 unspecified atom stereocenters. The summed E-state index contributed by atoms with van der Waals surface area (Å²) in [6, 6.07) is 9.76. The molecule has 0 aliphatic rings. The molecule has 0 amide bonds. The van der Waals surface area contributed by atoms with Crippen molar-refractivity contribution >= 4 is 29.7 Å². The zero-order valence-electron chi connectivity index (χ0n) is 18.6. The molecule has 0 aliphatic carbocycles. The van der Waals surface area contributed by atoms with Crippen LogP contribution in [0.1, 0.15) is 46.2 Å². The van der Waals surface area contributed by atoms with Crippen molar-refractivity contribution in [3.63, 3.8) is 0 Å². The first-order valence-corrected chi connectivity index (χ1v) is 10.2. The summed E-state index contributed by atoms with van der Waals surface area (Å²) in [4.78, 5) is 44.1. The van der Waals surface area contributed by atoms with E-state index in [2.05, 4.69) is 15.3 Å². The van der Waals surface area contributed by atoms with E-state index in [4.69, 9.17) is 9.47 Å². The van der Waals surface area contributed by atoms with Crippen molar-refractivity contribution in [2.24, 2.45) is 0 Å². The number of carbonyl (C=O) groups excluding carboxylic acids is 3. The largest absolute Gasteiger partial charge is 0.469 e. The van der Waals surface area contributed by atoms with Gasteiger partial charge in [-0.25, -0.2) is 23.5 Å². The van der Waals surface area contributed by atoms with E-state index in [0.717, 1.165) is 12.1 Å². The lowest BCUT2D eigenvalue weighted by atomic mass is 10.0. The van der Waals surface area contributed by atoms with Crippen molar-refractivity contribution in [3.05, 3.63) is 70.9 Å². The number of rotatable bonds is 8. The van der Waals surface area contributed by atoms with E-state index in [0.29, 0.717) is 11.3 Å². The predicted octanol–water partition coefficient (Wildman–Crippen LogP) is 4.43. The number of hydrogen-bond donors (Lipinski definition) is 1. The molecule has 1 aromatic heterocycles. The number of nitrogens with zero attached hydrogens (tertiary/aromatic N) is 2. The average molecular weight is 469 g/mol. The van der Waals surface area contributed by atoms with Gasteiger partial charge < -0.3 is 14.8 Å². The summed E-state index contributed by atoms with van der Waals surface area (Å²) >= 11 is 0. The van der Waals surface area contributed by atoms with Gasteiger partial charge in [-0.2, -0.15) is 0 Å². The third-order valence-electron chi connectivity index (χ3n) is 4.94. The molecule has 0 bridgehead atoms. The molecule has 10 heteroatoms. The number of anilines is 2. The Bertz CT molecular complexity index is 1210. The maximum absolute atomic E-state index is 14.4. The maximum Gasteiger partial charge on any atom is 0.344 e. The van der Waals surface area contributed by atoms with Crippen LogP contribution in [0.3, 0.4) is 0 Å². The topological polar surface area (TPSA) is 107 Å². The van der Waals surface area contributed by atoms with Crippen LogP contribution >= 0.6 is 0 Å². The number of hydrogen-bond acceptors (Lipinski definition) is 8. The van der Waals surface area contributed by atoms with Crippen LogP contribution in [0.2, 0.25) is 0 Å². The van der Waals surface area contributed by atoms with Gasteiger partial charge in [-0.15, -0.1) is 0 Å². The van der Waals surface area contributed by atoms with Gasteiger partial charge in [0.15, 0.2) is 12.1 Å². The van der Waals surface area contributed by atoms with Gasteiger partial charge in [-0.3, -0.25) is 9.59 Å². The van der Waals surface area contributed by atoms with E-state index in [9.17, 15) is 23.2 Å². The minimum atomic E-state index is -0.937. The SMILES string of the molecule is CCOC(=O)c1c(C=O)nc(-c2c(F)cccc2F)nc1Nc1ccc(C(C)C(=O)OC)cc1. The Kier molecular flexibility index (Phi) is 7.62. The Hall–Kier alpha value is -4.21. The first kappa shape index (κ1) is 24.4. The van der Waals surface area contributed by atoms with Crippen LogP contribution in [0.25, 0.3) is 11.4 Å². The molecule has 0 radical (unpaired) electrons. The summed E-state index contributed by atoms with van der Waals surface area (Å²) in [5.41, 5.74) is -0.143. The summed E-state index contributed by atoms with van der Waals surface area (Å²) in [6.07, 6.45) is 0.280. The van der Waals surface area contributed by atoms with Crippen LogP contribution in [0, 0.1) is 11.6 Å².